The lowest BCUT2D eigenvalue weighted by Crippen LogP contribution is -2.20. The van der Waals surface area contributed by atoms with E-state index in [0.717, 1.165) is 16.3 Å². The van der Waals surface area contributed by atoms with E-state index in [1.165, 1.54) is 0 Å². The topological polar surface area (TPSA) is 48.1 Å². The second kappa shape index (κ2) is 3.46. The van der Waals surface area contributed by atoms with Gasteiger partial charge in [0, 0.05) is 17.5 Å². The maximum atomic E-state index is 9.91. The van der Waals surface area contributed by atoms with Crippen molar-refractivity contribution in [2.75, 3.05) is 0 Å². The van der Waals surface area contributed by atoms with E-state index in [9.17, 15) is 5.11 Å². The van der Waals surface area contributed by atoms with Crippen LogP contribution in [-0.2, 0) is 0 Å². The molecule has 3 rings (SSSR count). The van der Waals surface area contributed by atoms with Gasteiger partial charge < -0.3 is 5.11 Å². The van der Waals surface area contributed by atoms with Crippen LogP contribution in [0.2, 0.25) is 0 Å². The first-order valence-electron chi connectivity index (χ1n) is 5.25. The van der Waals surface area contributed by atoms with Gasteiger partial charge in [-0.3, -0.25) is 0 Å². The van der Waals surface area contributed by atoms with E-state index in [0.29, 0.717) is 5.56 Å². The molecule has 0 spiro atoms. The number of aromatic hydroxyl groups is 1. The van der Waals surface area contributed by atoms with Crippen molar-refractivity contribution in [2.24, 2.45) is 0 Å². The summed E-state index contributed by atoms with van der Waals surface area (Å²) in [5.74, 6) is 0.239. The molecule has 3 aromatic rings. The van der Waals surface area contributed by atoms with E-state index in [4.69, 9.17) is 5.26 Å². The van der Waals surface area contributed by atoms with Gasteiger partial charge in [0.25, 0.3) is 0 Å². The van der Waals surface area contributed by atoms with Crippen LogP contribution in [0, 0.1) is 11.3 Å². The lowest BCUT2D eigenvalue weighted by atomic mass is 10.1. The maximum Gasteiger partial charge on any atom is 0.220 e. The summed E-state index contributed by atoms with van der Waals surface area (Å²) in [7, 11) is 0. The predicted octanol–water partition coefficient (Wildman–Crippen LogP) is 2.16. The minimum atomic E-state index is 0.239. The lowest BCUT2D eigenvalue weighted by molar-refractivity contribution is -0.511. The van der Waals surface area contributed by atoms with Crippen LogP contribution in [0.5, 0.6) is 5.75 Å². The molecule has 0 radical (unpaired) electrons. The Morgan fingerprint density at radius 1 is 1.12 bits per heavy atom. The molecule has 17 heavy (non-hydrogen) atoms. The standard InChI is InChI=1S/C14H8N2O/c15-8-10-5-6-16-9-14(17)12-4-2-1-3-11(12)13(16)7-10/h1-7,9H/p+1. The van der Waals surface area contributed by atoms with Crippen LogP contribution in [0.25, 0.3) is 16.3 Å². The Morgan fingerprint density at radius 2 is 1.88 bits per heavy atom. The quantitative estimate of drug-likeness (QED) is 0.467. The number of fused-ring (bicyclic) bond motifs is 3. The zero-order chi connectivity index (χ0) is 11.8. The molecule has 0 aliphatic rings. The minimum Gasteiger partial charge on any atom is -0.502 e. The Bertz CT molecular complexity index is 772. The van der Waals surface area contributed by atoms with Crippen molar-refractivity contribution >= 4 is 16.3 Å². The number of rotatable bonds is 0. The molecule has 0 aliphatic carbocycles. The molecule has 0 saturated heterocycles. The third kappa shape index (κ3) is 1.39. The van der Waals surface area contributed by atoms with Crippen LogP contribution in [0.15, 0.2) is 48.8 Å². The van der Waals surface area contributed by atoms with Gasteiger partial charge in [0.15, 0.2) is 11.9 Å². The summed E-state index contributed by atoms with van der Waals surface area (Å²) < 4.78 is 1.82. The number of nitrogens with zero attached hydrogens (tertiary/aromatic N) is 2. The van der Waals surface area contributed by atoms with Crippen LogP contribution in [-0.4, -0.2) is 5.11 Å². The molecule has 2 heterocycles. The molecular formula is C14H9N2O+. The van der Waals surface area contributed by atoms with Gasteiger partial charge in [-0.15, -0.1) is 0 Å². The Morgan fingerprint density at radius 3 is 2.65 bits per heavy atom. The summed E-state index contributed by atoms with van der Waals surface area (Å²) in [5.41, 5.74) is 1.53. The van der Waals surface area contributed by atoms with Crippen molar-refractivity contribution in [3.8, 4) is 11.8 Å². The molecule has 3 nitrogen and oxygen atoms in total. The molecule has 0 saturated carbocycles. The first-order chi connectivity index (χ1) is 8.29. The molecule has 0 unspecified atom stereocenters. The van der Waals surface area contributed by atoms with Crippen molar-refractivity contribution in [3.05, 3.63) is 54.4 Å². The molecular weight excluding hydrogens is 212 g/mol. The fourth-order valence-electron chi connectivity index (χ4n) is 2.04. The predicted molar refractivity (Wildman–Crippen MR) is 63.5 cm³/mol. The van der Waals surface area contributed by atoms with Gasteiger partial charge in [0.05, 0.1) is 17.0 Å². The summed E-state index contributed by atoms with van der Waals surface area (Å²) in [4.78, 5) is 0. The van der Waals surface area contributed by atoms with Crippen LogP contribution in [0.1, 0.15) is 5.56 Å². The molecule has 0 aliphatic heterocycles. The highest BCUT2D eigenvalue weighted by Crippen LogP contribution is 2.25. The Hall–Kier alpha value is -2.60. The van der Waals surface area contributed by atoms with Crippen molar-refractivity contribution in [1.82, 2.24) is 0 Å². The number of nitriles is 1. The second-order valence-corrected chi connectivity index (χ2v) is 3.88. The third-order valence-electron chi connectivity index (χ3n) is 2.85. The van der Waals surface area contributed by atoms with Gasteiger partial charge in [-0.25, -0.2) is 0 Å². The average Bonchev–Trinajstić information content (AvgIpc) is 2.39. The van der Waals surface area contributed by atoms with E-state index >= 15 is 0 Å². The van der Waals surface area contributed by atoms with Gasteiger partial charge in [-0.2, -0.15) is 9.66 Å². The maximum absolute atomic E-state index is 9.91. The molecule has 0 atom stereocenters. The normalized spacial score (nSPS) is 10.5. The summed E-state index contributed by atoms with van der Waals surface area (Å²) in [5, 5.41) is 20.6. The number of benzene rings is 1. The van der Waals surface area contributed by atoms with Gasteiger partial charge in [0.2, 0.25) is 11.7 Å². The van der Waals surface area contributed by atoms with E-state index in [-0.39, 0.29) is 5.75 Å². The Labute approximate surface area is 97.8 Å². The van der Waals surface area contributed by atoms with E-state index in [1.54, 1.807) is 18.5 Å². The minimum absolute atomic E-state index is 0.239. The van der Waals surface area contributed by atoms with Crippen molar-refractivity contribution in [3.63, 3.8) is 0 Å². The van der Waals surface area contributed by atoms with Crippen molar-refractivity contribution < 1.29 is 9.51 Å². The highest BCUT2D eigenvalue weighted by atomic mass is 16.3. The van der Waals surface area contributed by atoms with Crippen LogP contribution in [0.3, 0.4) is 0 Å². The molecule has 0 fully saturated rings. The molecule has 2 aromatic heterocycles. The van der Waals surface area contributed by atoms with Crippen LogP contribution < -0.4 is 4.40 Å². The van der Waals surface area contributed by atoms with Crippen LogP contribution >= 0.6 is 0 Å². The fourth-order valence-corrected chi connectivity index (χ4v) is 2.04. The molecule has 80 valence electrons. The smallest absolute Gasteiger partial charge is 0.220 e. The first kappa shape index (κ1) is 9.61. The van der Waals surface area contributed by atoms with Gasteiger partial charge in [0.1, 0.15) is 0 Å². The summed E-state index contributed by atoms with van der Waals surface area (Å²) in [6.07, 6.45) is 3.43. The number of pyridine rings is 2. The second-order valence-electron chi connectivity index (χ2n) is 3.88. The van der Waals surface area contributed by atoms with Gasteiger partial charge in [-0.05, 0) is 6.07 Å². The van der Waals surface area contributed by atoms with E-state index in [2.05, 4.69) is 6.07 Å². The summed E-state index contributed by atoms with van der Waals surface area (Å²) in [6.45, 7) is 0. The summed E-state index contributed by atoms with van der Waals surface area (Å²) in [6, 6.07) is 13.3. The van der Waals surface area contributed by atoms with E-state index in [1.807, 2.05) is 34.7 Å². The third-order valence-corrected chi connectivity index (χ3v) is 2.85. The molecule has 0 amide bonds. The number of hydrogen-bond acceptors (Lipinski definition) is 2. The molecule has 1 N–H and O–H groups in total. The number of hydrogen-bond donors (Lipinski definition) is 1. The van der Waals surface area contributed by atoms with Gasteiger partial charge >= 0.3 is 0 Å². The SMILES string of the molecule is N#Cc1cc[n+]2cc(O)c3ccccc3c2c1. The first-order valence-corrected chi connectivity index (χ1v) is 5.25. The van der Waals surface area contributed by atoms with Crippen molar-refractivity contribution in [1.29, 1.82) is 5.26 Å². The highest BCUT2D eigenvalue weighted by molar-refractivity contribution is 5.97. The molecule has 1 aromatic carbocycles. The lowest BCUT2D eigenvalue weighted by Gasteiger charge is -2.00. The van der Waals surface area contributed by atoms with E-state index < -0.39 is 0 Å². The Kier molecular flexibility index (Phi) is 1.96. The summed E-state index contributed by atoms with van der Waals surface area (Å²) >= 11 is 0. The molecule has 3 heteroatoms. The highest BCUT2D eigenvalue weighted by Gasteiger charge is 2.12. The number of aromatic nitrogens is 1. The Balaban J connectivity index is 2.57. The zero-order valence-corrected chi connectivity index (χ0v) is 8.96. The van der Waals surface area contributed by atoms with Crippen LogP contribution in [0.4, 0.5) is 0 Å². The van der Waals surface area contributed by atoms with Crippen molar-refractivity contribution in [2.45, 2.75) is 0 Å². The monoisotopic (exact) mass is 221 g/mol. The van der Waals surface area contributed by atoms with Gasteiger partial charge in [-0.1, -0.05) is 18.2 Å². The fraction of sp³-hybridized carbons (Fsp3) is 0. The average molecular weight is 221 g/mol. The zero-order valence-electron chi connectivity index (χ0n) is 8.96. The largest absolute Gasteiger partial charge is 0.502 e. The molecule has 0 bridgehead atoms.